The highest BCUT2D eigenvalue weighted by Gasteiger charge is 2.15. The van der Waals surface area contributed by atoms with E-state index in [0.29, 0.717) is 13.1 Å². The molecule has 0 spiro atoms. The Morgan fingerprint density at radius 3 is 2.67 bits per heavy atom. The second-order valence-corrected chi connectivity index (χ2v) is 6.49. The lowest BCUT2D eigenvalue weighted by Gasteiger charge is -2.14. The van der Waals surface area contributed by atoms with E-state index in [2.05, 4.69) is 20.7 Å². The van der Waals surface area contributed by atoms with E-state index in [1.807, 2.05) is 18.9 Å². The maximum atomic E-state index is 13.3. The SMILES string of the molecule is CCN(C)CCNS(=O)(=O)c1ccc(Br)c(F)c1. The van der Waals surface area contributed by atoms with Crippen molar-refractivity contribution in [2.75, 3.05) is 26.7 Å². The number of sulfonamides is 1. The molecule has 0 amide bonds. The maximum absolute atomic E-state index is 13.3. The Kier molecular flexibility index (Phi) is 5.71. The molecular formula is C11H16BrFN2O2S. The summed E-state index contributed by atoms with van der Waals surface area (Å²) in [4.78, 5) is 1.91. The van der Waals surface area contributed by atoms with Gasteiger partial charge in [-0.3, -0.25) is 0 Å². The predicted octanol–water partition coefficient (Wildman–Crippen LogP) is 1.82. The number of rotatable bonds is 6. The Morgan fingerprint density at radius 2 is 2.11 bits per heavy atom. The molecule has 0 unspecified atom stereocenters. The first kappa shape index (κ1) is 15.6. The van der Waals surface area contributed by atoms with Crippen LogP contribution in [0.5, 0.6) is 0 Å². The number of benzene rings is 1. The third-order valence-corrected chi connectivity index (χ3v) is 4.63. The number of hydrogen-bond donors (Lipinski definition) is 1. The van der Waals surface area contributed by atoms with E-state index in [4.69, 9.17) is 0 Å². The van der Waals surface area contributed by atoms with Gasteiger partial charge in [0.1, 0.15) is 5.82 Å². The summed E-state index contributed by atoms with van der Waals surface area (Å²) in [5, 5.41) is 0. The average Bonchev–Trinajstić information content (AvgIpc) is 2.32. The van der Waals surface area contributed by atoms with Crippen LogP contribution in [0.2, 0.25) is 0 Å². The van der Waals surface area contributed by atoms with Crippen LogP contribution in [0.25, 0.3) is 0 Å². The first-order valence-electron chi connectivity index (χ1n) is 5.50. The van der Waals surface area contributed by atoms with E-state index in [9.17, 15) is 12.8 Å². The molecule has 0 saturated carbocycles. The summed E-state index contributed by atoms with van der Waals surface area (Å²) in [6, 6.07) is 3.73. The number of nitrogens with one attached hydrogen (secondary N) is 1. The summed E-state index contributed by atoms with van der Waals surface area (Å²) in [5.74, 6) is -0.594. The fraction of sp³-hybridized carbons (Fsp3) is 0.455. The van der Waals surface area contributed by atoms with Crippen molar-refractivity contribution in [1.29, 1.82) is 0 Å². The van der Waals surface area contributed by atoms with Gasteiger partial charge in [0.15, 0.2) is 0 Å². The van der Waals surface area contributed by atoms with Crippen LogP contribution in [0.1, 0.15) is 6.92 Å². The third-order valence-electron chi connectivity index (χ3n) is 2.53. The number of halogens is 2. The van der Waals surface area contributed by atoms with Gasteiger partial charge in [-0.2, -0.15) is 0 Å². The minimum Gasteiger partial charge on any atom is -0.305 e. The van der Waals surface area contributed by atoms with Gasteiger partial charge >= 0.3 is 0 Å². The van der Waals surface area contributed by atoms with Gasteiger partial charge in [-0.15, -0.1) is 0 Å². The summed E-state index contributed by atoms with van der Waals surface area (Å²) >= 11 is 2.98. The molecule has 0 aliphatic heterocycles. The number of hydrogen-bond acceptors (Lipinski definition) is 3. The molecule has 102 valence electrons. The molecule has 7 heteroatoms. The van der Waals surface area contributed by atoms with Crippen LogP contribution in [-0.2, 0) is 10.0 Å². The number of nitrogens with zero attached hydrogens (tertiary/aromatic N) is 1. The van der Waals surface area contributed by atoms with Gasteiger partial charge in [0, 0.05) is 13.1 Å². The Balaban J connectivity index is 2.71. The normalized spacial score (nSPS) is 12.1. The van der Waals surface area contributed by atoms with Gasteiger partial charge in [-0.1, -0.05) is 6.92 Å². The molecule has 18 heavy (non-hydrogen) atoms. The molecule has 0 bridgehead atoms. The van der Waals surface area contributed by atoms with Crippen molar-refractivity contribution < 1.29 is 12.8 Å². The largest absolute Gasteiger partial charge is 0.305 e. The molecule has 1 rings (SSSR count). The lowest BCUT2D eigenvalue weighted by molar-refractivity contribution is 0.358. The van der Waals surface area contributed by atoms with Gasteiger partial charge in [0.2, 0.25) is 10.0 Å². The van der Waals surface area contributed by atoms with Crippen molar-refractivity contribution in [3.63, 3.8) is 0 Å². The van der Waals surface area contributed by atoms with Crippen molar-refractivity contribution in [3.8, 4) is 0 Å². The highest BCUT2D eigenvalue weighted by molar-refractivity contribution is 9.10. The molecule has 0 heterocycles. The standard InChI is InChI=1S/C11H16BrFN2O2S/c1-3-15(2)7-6-14-18(16,17)9-4-5-10(12)11(13)8-9/h4-5,8,14H,3,6-7H2,1-2H3. The van der Waals surface area contributed by atoms with Crippen LogP contribution in [0.15, 0.2) is 27.6 Å². The second-order valence-electron chi connectivity index (χ2n) is 3.87. The molecule has 0 radical (unpaired) electrons. The van der Waals surface area contributed by atoms with E-state index >= 15 is 0 Å². The van der Waals surface area contributed by atoms with Crippen LogP contribution in [0.4, 0.5) is 4.39 Å². The zero-order valence-electron chi connectivity index (χ0n) is 10.3. The van der Waals surface area contributed by atoms with E-state index in [1.54, 1.807) is 0 Å². The molecule has 1 aromatic carbocycles. The molecule has 0 aliphatic rings. The first-order chi connectivity index (χ1) is 8.36. The van der Waals surface area contributed by atoms with Crippen LogP contribution in [0, 0.1) is 5.82 Å². The Labute approximate surface area is 115 Å². The smallest absolute Gasteiger partial charge is 0.240 e. The third kappa shape index (κ3) is 4.31. The molecule has 0 aromatic heterocycles. The minimum atomic E-state index is -3.64. The minimum absolute atomic E-state index is 0.0673. The Hall–Kier alpha value is -0.500. The highest BCUT2D eigenvalue weighted by atomic mass is 79.9. The number of likely N-dealkylation sites (N-methyl/N-ethyl adjacent to an activating group) is 1. The van der Waals surface area contributed by atoms with E-state index in [-0.39, 0.29) is 9.37 Å². The average molecular weight is 339 g/mol. The summed E-state index contributed by atoms with van der Waals surface area (Å²) in [7, 11) is -1.74. The quantitative estimate of drug-likeness (QED) is 0.860. The first-order valence-corrected chi connectivity index (χ1v) is 7.77. The van der Waals surface area contributed by atoms with Gasteiger partial charge in [-0.05, 0) is 47.7 Å². The zero-order valence-corrected chi connectivity index (χ0v) is 12.7. The van der Waals surface area contributed by atoms with Crippen LogP contribution < -0.4 is 4.72 Å². The van der Waals surface area contributed by atoms with Gasteiger partial charge in [-0.25, -0.2) is 17.5 Å². The molecule has 0 atom stereocenters. The van der Waals surface area contributed by atoms with Crippen molar-refractivity contribution in [2.45, 2.75) is 11.8 Å². The molecule has 1 N–H and O–H groups in total. The van der Waals surface area contributed by atoms with Crippen molar-refractivity contribution in [2.24, 2.45) is 0 Å². The summed E-state index contributed by atoms with van der Waals surface area (Å²) in [6.07, 6.45) is 0. The second kappa shape index (κ2) is 6.60. The van der Waals surface area contributed by atoms with Crippen LogP contribution in [-0.4, -0.2) is 40.0 Å². The Bertz CT molecular complexity index is 508. The van der Waals surface area contributed by atoms with E-state index in [0.717, 1.165) is 12.6 Å². The maximum Gasteiger partial charge on any atom is 0.240 e. The molecule has 0 saturated heterocycles. The van der Waals surface area contributed by atoms with Crippen molar-refractivity contribution in [1.82, 2.24) is 9.62 Å². The topological polar surface area (TPSA) is 49.4 Å². The molecule has 0 aliphatic carbocycles. The molecule has 4 nitrogen and oxygen atoms in total. The fourth-order valence-electron chi connectivity index (χ4n) is 1.26. The lowest BCUT2D eigenvalue weighted by Crippen LogP contribution is -2.32. The summed E-state index contributed by atoms with van der Waals surface area (Å²) in [6.45, 7) is 3.73. The van der Waals surface area contributed by atoms with Crippen LogP contribution >= 0.6 is 15.9 Å². The molecule has 0 fully saturated rings. The van der Waals surface area contributed by atoms with Gasteiger partial charge in [0.25, 0.3) is 0 Å². The monoisotopic (exact) mass is 338 g/mol. The van der Waals surface area contributed by atoms with Crippen molar-refractivity contribution >= 4 is 26.0 Å². The summed E-state index contributed by atoms with van der Waals surface area (Å²) < 4.78 is 39.7. The summed E-state index contributed by atoms with van der Waals surface area (Å²) in [5.41, 5.74) is 0. The van der Waals surface area contributed by atoms with Gasteiger partial charge < -0.3 is 4.90 Å². The lowest BCUT2D eigenvalue weighted by atomic mass is 10.3. The highest BCUT2D eigenvalue weighted by Crippen LogP contribution is 2.19. The molecular weight excluding hydrogens is 323 g/mol. The predicted molar refractivity (Wildman–Crippen MR) is 72.5 cm³/mol. The van der Waals surface area contributed by atoms with Crippen molar-refractivity contribution in [3.05, 3.63) is 28.5 Å². The van der Waals surface area contributed by atoms with Crippen LogP contribution in [0.3, 0.4) is 0 Å². The zero-order chi connectivity index (χ0) is 13.8. The fourth-order valence-corrected chi connectivity index (χ4v) is 2.54. The van der Waals surface area contributed by atoms with Gasteiger partial charge in [0.05, 0.1) is 9.37 Å². The Morgan fingerprint density at radius 1 is 1.44 bits per heavy atom. The van der Waals surface area contributed by atoms with E-state index in [1.165, 1.54) is 12.1 Å². The molecule has 1 aromatic rings. The van der Waals surface area contributed by atoms with E-state index < -0.39 is 15.8 Å².